The number of aromatic amines is 2. The van der Waals surface area contributed by atoms with Crippen molar-refractivity contribution in [2.24, 2.45) is 10.2 Å². The zero-order chi connectivity index (χ0) is 46.1. The molecule has 326 valence electrons. The van der Waals surface area contributed by atoms with Crippen LogP contribution in [0.5, 0.6) is 0 Å². The summed E-state index contributed by atoms with van der Waals surface area (Å²) >= 11 is 0. The highest BCUT2D eigenvalue weighted by Gasteiger charge is 2.28. The number of aliphatic hydroxyl groups excluding tert-OH is 2. The molecule has 0 radical (unpaired) electrons. The van der Waals surface area contributed by atoms with Crippen LogP contribution in [-0.2, 0) is 20.0 Å². The van der Waals surface area contributed by atoms with Crippen molar-refractivity contribution in [1.29, 1.82) is 0 Å². The zero-order valence-corrected chi connectivity index (χ0v) is 34.7. The number of hydrogen-bond donors (Lipinski definition) is 6. The number of fused-ring (bicyclic) bond motifs is 2. The summed E-state index contributed by atoms with van der Waals surface area (Å²) in [5.41, 5.74) is -3.79. The lowest BCUT2D eigenvalue weighted by Crippen LogP contribution is -2.30. The summed E-state index contributed by atoms with van der Waals surface area (Å²) in [6, 6.07) is 23.1. The Bertz CT molecular complexity index is 3190. The summed E-state index contributed by atoms with van der Waals surface area (Å²) < 4.78 is 53.1. The van der Waals surface area contributed by atoms with Gasteiger partial charge in [-0.1, -0.05) is 59.7 Å². The van der Waals surface area contributed by atoms with Crippen LogP contribution in [0.15, 0.2) is 139 Å². The number of sulfonamides is 2. The van der Waals surface area contributed by atoms with Gasteiger partial charge < -0.3 is 20.2 Å². The van der Waals surface area contributed by atoms with Gasteiger partial charge in [0.05, 0.1) is 41.7 Å². The summed E-state index contributed by atoms with van der Waals surface area (Å²) in [5, 5.41) is 54.1. The molecule has 7 rings (SSSR count). The fourth-order valence-corrected chi connectivity index (χ4v) is 7.78. The molecule has 2 heterocycles. The van der Waals surface area contributed by atoms with Crippen LogP contribution < -0.4 is 20.8 Å². The van der Waals surface area contributed by atoms with Gasteiger partial charge in [-0.15, -0.1) is 0 Å². The van der Waals surface area contributed by atoms with Gasteiger partial charge in [-0.3, -0.25) is 29.8 Å². The molecular formula is C40H32N10O12S2. The predicted octanol–water partition coefficient (Wildman–Crippen LogP) is 3.43. The van der Waals surface area contributed by atoms with E-state index in [1.54, 1.807) is 13.8 Å². The van der Waals surface area contributed by atoms with Crippen molar-refractivity contribution in [3.8, 4) is 0 Å². The maximum Gasteiger partial charge on any atom is 0.276 e. The maximum absolute atomic E-state index is 13.5. The topological polar surface area (TPSA) is 335 Å². The third-order valence-corrected chi connectivity index (χ3v) is 12.0. The molecule has 0 aliphatic carbocycles. The molecule has 6 N–H and O–H groups in total. The number of aliphatic hydroxyl groups is 2. The summed E-state index contributed by atoms with van der Waals surface area (Å²) in [7, 11) is -8.80. The largest absolute Gasteiger partial charge is 0.382 e. The Morgan fingerprint density at radius 2 is 0.938 bits per heavy atom. The van der Waals surface area contributed by atoms with Gasteiger partial charge in [0.25, 0.3) is 42.5 Å². The first-order valence-corrected chi connectivity index (χ1v) is 21.4. The van der Waals surface area contributed by atoms with Crippen LogP contribution in [0.2, 0.25) is 0 Å². The number of nitrogens with one attached hydrogen (secondary N) is 4. The van der Waals surface area contributed by atoms with Crippen molar-refractivity contribution >= 4 is 64.9 Å². The molecule has 0 amide bonds. The van der Waals surface area contributed by atoms with Crippen molar-refractivity contribution in [3.05, 3.63) is 184 Å². The van der Waals surface area contributed by atoms with E-state index >= 15 is 0 Å². The third kappa shape index (κ3) is 9.24. The highest BCUT2D eigenvalue weighted by Crippen LogP contribution is 2.25. The van der Waals surface area contributed by atoms with Crippen LogP contribution in [0, 0.1) is 34.1 Å². The number of nitro groups is 2. The van der Waals surface area contributed by atoms with Crippen LogP contribution in [0.25, 0.3) is 22.1 Å². The van der Waals surface area contributed by atoms with Gasteiger partial charge in [-0.05, 0) is 61.4 Å². The van der Waals surface area contributed by atoms with Gasteiger partial charge in [0.2, 0.25) is 0 Å². The normalized spacial score (nSPS) is 13.4. The minimum atomic E-state index is -4.40. The molecular weight excluding hydrogens is 877 g/mol. The molecule has 0 aliphatic rings. The maximum atomic E-state index is 13.5. The number of hydrogen-bond acceptors (Lipinski definition) is 16. The number of rotatable bonds is 14. The molecule has 2 aromatic heterocycles. The van der Waals surface area contributed by atoms with E-state index < -0.39 is 76.0 Å². The number of non-ortho nitro benzene ring substituents is 2. The fraction of sp³-hybridized carbons (Fsp3) is 0.100. The van der Waals surface area contributed by atoms with Gasteiger partial charge in [0.15, 0.2) is 11.4 Å². The van der Waals surface area contributed by atoms with Crippen LogP contribution in [-0.4, -0.2) is 68.3 Å². The van der Waals surface area contributed by atoms with Crippen molar-refractivity contribution in [2.75, 3.05) is 0 Å². The lowest BCUT2D eigenvalue weighted by Gasteiger charge is -2.17. The quantitative estimate of drug-likeness (QED) is 0.0518. The minimum Gasteiger partial charge on any atom is -0.382 e. The number of hydrazone groups is 2. The van der Waals surface area contributed by atoms with E-state index in [2.05, 4.69) is 30.1 Å². The van der Waals surface area contributed by atoms with E-state index in [9.17, 15) is 56.9 Å². The van der Waals surface area contributed by atoms with Crippen molar-refractivity contribution < 1.29 is 36.9 Å². The highest BCUT2D eigenvalue weighted by atomic mass is 32.2. The monoisotopic (exact) mass is 908 g/mol. The Morgan fingerprint density at radius 3 is 1.27 bits per heavy atom. The molecule has 2 atom stereocenters. The second-order valence-corrected chi connectivity index (χ2v) is 17.3. The molecule has 0 aliphatic heterocycles. The standard InChI is InChI=1S/C40H32N10O12S2/c1-21-3-13-27(14-4-21)63(59,60)47-45-33(35-39(53)43-31-19-25(49(55)56)11-17-29(31)41-35)37(51)23-7-9-24(10-8-23)38(52)34(46-48-64(61,62)28-15-5-22(2)6-16-28)36-40(54)44-32-20-26(50(57)58)12-18-30(32)42-36/h3-20,37-38,47-48,51-52H,1-2H3,(H,43,53)(H,44,54)/t37-,38-/m0/s1. The third-order valence-electron chi connectivity index (χ3n) is 9.58. The van der Waals surface area contributed by atoms with Crippen LogP contribution in [0.4, 0.5) is 11.4 Å². The number of aromatic nitrogens is 4. The highest BCUT2D eigenvalue weighted by molar-refractivity contribution is 7.89. The molecule has 0 saturated heterocycles. The van der Waals surface area contributed by atoms with E-state index in [0.29, 0.717) is 0 Å². The average molecular weight is 909 g/mol. The molecule has 0 fully saturated rings. The molecule has 0 saturated carbocycles. The molecule has 0 bridgehead atoms. The average Bonchev–Trinajstić information content (AvgIpc) is 3.26. The number of nitrogens with zero attached hydrogens (tertiary/aromatic N) is 6. The Labute approximate surface area is 360 Å². The second-order valence-electron chi connectivity index (χ2n) is 14.0. The van der Waals surface area contributed by atoms with Gasteiger partial charge >= 0.3 is 0 Å². The summed E-state index contributed by atoms with van der Waals surface area (Å²) in [4.78, 5) is 65.2. The van der Waals surface area contributed by atoms with Crippen molar-refractivity contribution in [2.45, 2.75) is 35.8 Å². The summed E-state index contributed by atoms with van der Waals surface area (Å²) in [5.74, 6) is 0. The molecule has 64 heavy (non-hydrogen) atoms. The van der Waals surface area contributed by atoms with Crippen molar-refractivity contribution in [3.63, 3.8) is 0 Å². The first kappa shape index (κ1) is 44.0. The zero-order valence-electron chi connectivity index (χ0n) is 33.0. The first-order valence-electron chi connectivity index (χ1n) is 18.5. The SMILES string of the molecule is Cc1ccc(S(=O)(=O)NN=C(c2nc3ccc([N+](=O)[O-])cc3[nH]c2=O)[C@@H](O)c2ccc([C@H](O)C(=NNS(=O)(=O)c3ccc(C)cc3)c3nc4ccc([N+](=O)[O-])cc4[nH]c3=O)cc2)cc1. The molecule has 0 unspecified atom stereocenters. The molecule has 7 aromatic rings. The fourth-order valence-electron chi connectivity index (χ4n) is 6.15. The van der Waals surface area contributed by atoms with Gasteiger partial charge in [0.1, 0.15) is 23.6 Å². The molecule has 5 aromatic carbocycles. The number of H-pyrrole nitrogens is 2. The first-order chi connectivity index (χ1) is 30.3. The molecule has 22 nitrogen and oxygen atoms in total. The van der Waals surface area contributed by atoms with Crippen molar-refractivity contribution in [1.82, 2.24) is 29.6 Å². The Hall–Kier alpha value is -8.06. The number of aryl methyl sites for hydroxylation is 2. The Morgan fingerprint density at radius 1 is 0.594 bits per heavy atom. The molecule has 24 heteroatoms. The van der Waals surface area contributed by atoms with Gasteiger partial charge in [0, 0.05) is 24.3 Å². The van der Waals surface area contributed by atoms with E-state index in [-0.39, 0.29) is 54.4 Å². The van der Waals surface area contributed by atoms with Crippen LogP contribution in [0.1, 0.15) is 45.8 Å². The lowest BCUT2D eigenvalue weighted by molar-refractivity contribution is -0.384. The Balaban J connectivity index is 1.29. The second kappa shape index (κ2) is 17.4. The smallest absolute Gasteiger partial charge is 0.276 e. The van der Waals surface area contributed by atoms with Gasteiger partial charge in [-0.25, -0.2) is 9.97 Å². The predicted molar refractivity (Wildman–Crippen MR) is 230 cm³/mol. The number of nitro benzene ring substituents is 2. The van der Waals surface area contributed by atoms with Crippen LogP contribution in [0.3, 0.4) is 0 Å². The lowest BCUT2D eigenvalue weighted by atomic mass is 9.97. The Kier molecular flexibility index (Phi) is 11.9. The van der Waals surface area contributed by atoms with E-state index in [0.717, 1.165) is 35.4 Å². The summed E-state index contributed by atoms with van der Waals surface area (Å²) in [6.45, 7) is 3.48. The van der Waals surface area contributed by atoms with E-state index in [1.165, 1.54) is 84.9 Å². The summed E-state index contributed by atoms with van der Waals surface area (Å²) in [6.07, 6.45) is -3.86. The van der Waals surface area contributed by atoms with Crippen LogP contribution >= 0.6 is 0 Å². The number of benzene rings is 5. The van der Waals surface area contributed by atoms with E-state index in [4.69, 9.17) is 0 Å². The van der Waals surface area contributed by atoms with Gasteiger partial charge in [-0.2, -0.15) is 36.7 Å². The minimum absolute atomic E-state index is 0.0142. The van der Waals surface area contributed by atoms with E-state index in [1.807, 2.05) is 9.66 Å². The molecule has 0 spiro atoms.